The lowest BCUT2D eigenvalue weighted by Crippen LogP contribution is -2.09. The summed E-state index contributed by atoms with van der Waals surface area (Å²) in [6.07, 6.45) is 2.11. The quantitative estimate of drug-likeness (QED) is 0.432. The van der Waals surface area contributed by atoms with Crippen molar-refractivity contribution >= 4 is 5.97 Å². The van der Waals surface area contributed by atoms with Gasteiger partial charge in [0.05, 0.1) is 27.2 Å². The standard InChI is InChI=1S/C28H27FO5/c1-31-20-5-3-4-17(13-20)12-18-6-10-24(29)28-23(18)9-11-25(28)34-21-7-8-22-19(14-27(30)32-2)16-33-26(22)15-21/h3-8,10,13,15,19,25H,9,11-12,14,16H2,1-2H3/t19-,25-/m1/s1. The highest BCUT2D eigenvalue weighted by Gasteiger charge is 2.31. The molecule has 34 heavy (non-hydrogen) atoms. The second kappa shape index (κ2) is 9.37. The second-order valence-corrected chi connectivity index (χ2v) is 8.76. The van der Waals surface area contributed by atoms with E-state index in [1.165, 1.54) is 7.11 Å². The van der Waals surface area contributed by atoms with Gasteiger partial charge in [0.15, 0.2) is 0 Å². The summed E-state index contributed by atoms with van der Waals surface area (Å²) in [6, 6.07) is 17.0. The smallest absolute Gasteiger partial charge is 0.306 e. The average molecular weight is 463 g/mol. The summed E-state index contributed by atoms with van der Waals surface area (Å²) in [5.74, 6) is 1.63. The third kappa shape index (κ3) is 4.32. The SMILES string of the molecule is COC(=O)C[C@@H]1COc2cc(O[C@@H]3CCc4c(Cc5cccc(OC)c5)ccc(F)c43)ccc21. The third-order valence-electron chi connectivity index (χ3n) is 6.69. The molecule has 0 fully saturated rings. The number of fused-ring (bicyclic) bond motifs is 2. The fraction of sp³-hybridized carbons (Fsp3) is 0.321. The molecule has 6 heteroatoms. The van der Waals surface area contributed by atoms with Crippen LogP contribution in [0.2, 0.25) is 0 Å². The topological polar surface area (TPSA) is 54.0 Å². The lowest BCUT2D eigenvalue weighted by molar-refractivity contribution is -0.141. The first-order valence-corrected chi connectivity index (χ1v) is 11.5. The first-order chi connectivity index (χ1) is 16.6. The van der Waals surface area contributed by atoms with E-state index in [-0.39, 0.29) is 30.2 Å². The van der Waals surface area contributed by atoms with Gasteiger partial charge in [-0.1, -0.05) is 24.3 Å². The van der Waals surface area contributed by atoms with Crippen LogP contribution in [-0.2, 0) is 22.4 Å². The number of carbonyl (C=O) groups is 1. The molecule has 0 bridgehead atoms. The van der Waals surface area contributed by atoms with Crippen LogP contribution in [0.15, 0.2) is 54.6 Å². The summed E-state index contributed by atoms with van der Waals surface area (Å²) < 4.78 is 37.1. The molecule has 3 aromatic rings. The van der Waals surface area contributed by atoms with Crippen LogP contribution in [0, 0.1) is 5.82 Å². The highest BCUT2D eigenvalue weighted by molar-refractivity contribution is 5.71. The zero-order valence-electron chi connectivity index (χ0n) is 19.3. The molecule has 0 aromatic heterocycles. The van der Waals surface area contributed by atoms with Crippen LogP contribution in [0.5, 0.6) is 17.2 Å². The van der Waals surface area contributed by atoms with Gasteiger partial charge < -0.3 is 18.9 Å². The van der Waals surface area contributed by atoms with Crippen molar-refractivity contribution in [3.8, 4) is 17.2 Å². The van der Waals surface area contributed by atoms with Crippen LogP contribution < -0.4 is 14.2 Å². The number of hydrogen-bond donors (Lipinski definition) is 0. The van der Waals surface area contributed by atoms with Gasteiger partial charge in [-0.2, -0.15) is 0 Å². The maximum atomic E-state index is 14.9. The normalized spacial score (nSPS) is 18.1. The predicted octanol–water partition coefficient (Wildman–Crippen LogP) is 5.53. The van der Waals surface area contributed by atoms with Crippen LogP contribution in [0.25, 0.3) is 0 Å². The van der Waals surface area contributed by atoms with E-state index in [0.29, 0.717) is 36.5 Å². The molecule has 0 spiro atoms. The monoisotopic (exact) mass is 462 g/mol. The molecule has 5 nitrogen and oxygen atoms in total. The fourth-order valence-corrected chi connectivity index (χ4v) is 4.98. The Bertz CT molecular complexity index is 1220. The van der Waals surface area contributed by atoms with Gasteiger partial charge in [0.25, 0.3) is 0 Å². The molecule has 1 aliphatic carbocycles. The van der Waals surface area contributed by atoms with Crippen molar-refractivity contribution in [2.45, 2.75) is 37.7 Å². The Hall–Kier alpha value is -3.54. The maximum Gasteiger partial charge on any atom is 0.306 e. The van der Waals surface area contributed by atoms with Crippen molar-refractivity contribution in [3.05, 3.63) is 88.2 Å². The number of hydrogen-bond acceptors (Lipinski definition) is 5. The van der Waals surface area contributed by atoms with E-state index in [1.54, 1.807) is 13.2 Å². The van der Waals surface area contributed by atoms with E-state index in [4.69, 9.17) is 18.9 Å². The first-order valence-electron chi connectivity index (χ1n) is 11.5. The molecule has 2 aliphatic rings. The van der Waals surface area contributed by atoms with Crippen molar-refractivity contribution in [2.24, 2.45) is 0 Å². The summed E-state index contributed by atoms with van der Waals surface area (Å²) in [4.78, 5) is 11.7. The Morgan fingerprint density at radius 2 is 1.97 bits per heavy atom. The van der Waals surface area contributed by atoms with Crippen LogP contribution in [-0.4, -0.2) is 26.8 Å². The van der Waals surface area contributed by atoms with Crippen molar-refractivity contribution in [3.63, 3.8) is 0 Å². The number of rotatable bonds is 7. The van der Waals surface area contributed by atoms with Crippen molar-refractivity contribution in [1.82, 2.24) is 0 Å². The molecule has 0 N–H and O–H groups in total. The molecular weight excluding hydrogens is 435 g/mol. The summed E-state index contributed by atoms with van der Waals surface area (Å²) in [5.41, 5.74) is 4.87. The van der Waals surface area contributed by atoms with Crippen molar-refractivity contribution in [1.29, 1.82) is 0 Å². The van der Waals surface area contributed by atoms with Gasteiger partial charge in [-0.05, 0) is 60.2 Å². The molecule has 3 aromatic carbocycles. The molecule has 0 saturated carbocycles. The summed E-state index contributed by atoms with van der Waals surface area (Å²) in [7, 11) is 3.04. The Morgan fingerprint density at radius 1 is 1.09 bits per heavy atom. The Kier molecular flexibility index (Phi) is 6.14. The van der Waals surface area contributed by atoms with E-state index in [9.17, 15) is 9.18 Å². The highest BCUT2D eigenvalue weighted by atomic mass is 19.1. The molecule has 5 rings (SSSR count). The maximum absolute atomic E-state index is 14.9. The Balaban J connectivity index is 1.35. The number of benzene rings is 3. The number of ether oxygens (including phenoxy) is 4. The van der Waals surface area contributed by atoms with Crippen LogP contribution in [0.1, 0.15) is 52.7 Å². The Morgan fingerprint density at radius 3 is 2.79 bits per heavy atom. The van der Waals surface area contributed by atoms with E-state index in [0.717, 1.165) is 34.4 Å². The van der Waals surface area contributed by atoms with Gasteiger partial charge >= 0.3 is 5.97 Å². The van der Waals surface area contributed by atoms with Gasteiger partial charge in [0.2, 0.25) is 0 Å². The van der Waals surface area contributed by atoms with Crippen LogP contribution in [0.4, 0.5) is 4.39 Å². The molecule has 1 aliphatic heterocycles. The van der Waals surface area contributed by atoms with Crippen molar-refractivity contribution in [2.75, 3.05) is 20.8 Å². The lowest BCUT2D eigenvalue weighted by atomic mass is 9.96. The largest absolute Gasteiger partial charge is 0.497 e. The highest BCUT2D eigenvalue weighted by Crippen LogP contribution is 2.42. The molecular formula is C28H27FO5. The summed E-state index contributed by atoms with van der Waals surface area (Å²) in [6.45, 7) is 0.433. The minimum absolute atomic E-state index is 0.0275. The molecule has 2 atom stereocenters. The predicted molar refractivity (Wildman–Crippen MR) is 125 cm³/mol. The van der Waals surface area contributed by atoms with E-state index < -0.39 is 0 Å². The molecule has 0 saturated heterocycles. The lowest BCUT2D eigenvalue weighted by Gasteiger charge is -2.17. The Labute approximate surface area is 198 Å². The number of carbonyl (C=O) groups excluding carboxylic acids is 1. The zero-order chi connectivity index (χ0) is 23.7. The van der Waals surface area contributed by atoms with E-state index in [1.807, 2.05) is 42.5 Å². The third-order valence-corrected chi connectivity index (χ3v) is 6.69. The summed E-state index contributed by atoms with van der Waals surface area (Å²) in [5, 5.41) is 0. The zero-order valence-corrected chi connectivity index (χ0v) is 19.3. The first kappa shape index (κ1) is 22.3. The number of methoxy groups -OCH3 is 2. The van der Waals surface area contributed by atoms with Gasteiger partial charge in [-0.3, -0.25) is 4.79 Å². The van der Waals surface area contributed by atoms with E-state index in [2.05, 4.69) is 6.07 Å². The average Bonchev–Trinajstić information content (AvgIpc) is 3.46. The molecule has 176 valence electrons. The summed E-state index contributed by atoms with van der Waals surface area (Å²) >= 11 is 0. The second-order valence-electron chi connectivity index (χ2n) is 8.76. The van der Waals surface area contributed by atoms with Gasteiger partial charge in [0, 0.05) is 23.1 Å². The molecule has 0 amide bonds. The number of halogens is 1. The minimum atomic E-state index is -0.356. The van der Waals surface area contributed by atoms with Gasteiger partial charge in [-0.25, -0.2) is 4.39 Å². The van der Waals surface area contributed by atoms with Crippen molar-refractivity contribution < 1.29 is 28.1 Å². The fourth-order valence-electron chi connectivity index (χ4n) is 4.98. The van der Waals surface area contributed by atoms with Gasteiger partial charge in [0.1, 0.15) is 29.2 Å². The number of esters is 1. The molecule has 1 heterocycles. The van der Waals surface area contributed by atoms with Crippen LogP contribution in [0.3, 0.4) is 0 Å². The molecule has 0 unspecified atom stereocenters. The van der Waals surface area contributed by atoms with E-state index >= 15 is 0 Å². The van der Waals surface area contributed by atoms with Crippen LogP contribution >= 0.6 is 0 Å². The molecule has 0 radical (unpaired) electrons. The van der Waals surface area contributed by atoms with Gasteiger partial charge in [-0.15, -0.1) is 0 Å². The minimum Gasteiger partial charge on any atom is -0.497 e.